The summed E-state index contributed by atoms with van der Waals surface area (Å²) in [5.41, 5.74) is 1.25. The first kappa shape index (κ1) is 11.4. The summed E-state index contributed by atoms with van der Waals surface area (Å²) in [6, 6.07) is 6.81. The van der Waals surface area contributed by atoms with Crippen LogP contribution in [0.4, 0.5) is 10.1 Å². The third-order valence-electron chi connectivity index (χ3n) is 3.57. The van der Waals surface area contributed by atoms with E-state index in [1.54, 1.807) is 0 Å². The standard InChI is InChI=1S/C13H19FN2/c1-3-13(2)10-15-8-9-16(13)12-6-4-11(14)5-7-12/h4-7,15H,3,8-10H2,1-2H3. The van der Waals surface area contributed by atoms with Crippen molar-refractivity contribution in [3.8, 4) is 0 Å². The molecule has 1 aliphatic heterocycles. The minimum Gasteiger partial charge on any atom is -0.364 e. The van der Waals surface area contributed by atoms with Crippen molar-refractivity contribution in [3.63, 3.8) is 0 Å². The molecule has 1 N–H and O–H groups in total. The molecule has 3 heteroatoms. The normalized spacial score (nSPS) is 25.8. The monoisotopic (exact) mass is 222 g/mol. The van der Waals surface area contributed by atoms with Crippen molar-refractivity contribution in [3.05, 3.63) is 30.1 Å². The minimum absolute atomic E-state index is 0.135. The van der Waals surface area contributed by atoms with E-state index in [-0.39, 0.29) is 11.4 Å². The van der Waals surface area contributed by atoms with Gasteiger partial charge < -0.3 is 10.2 Å². The predicted molar refractivity (Wildman–Crippen MR) is 65.3 cm³/mol. The second kappa shape index (κ2) is 4.42. The van der Waals surface area contributed by atoms with E-state index in [1.165, 1.54) is 12.1 Å². The summed E-state index contributed by atoms with van der Waals surface area (Å²) in [5.74, 6) is -0.169. The Bertz CT molecular complexity index is 349. The van der Waals surface area contributed by atoms with Gasteiger partial charge in [-0.15, -0.1) is 0 Å². The number of benzene rings is 1. The average molecular weight is 222 g/mol. The summed E-state index contributed by atoms with van der Waals surface area (Å²) >= 11 is 0. The Morgan fingerprint density at radius 2 is 2.06 bits per heavy atom. The molecule has 1 aliphatic rings. The summed E-state index contributed by atoms with van der Waals surface area (Å²) in [7, 11) is 0. The Kier molecular flexibility index (Phi) is 3.15. The fourth-order valence-corrected chi connectivity index (χ4v) is 2.29. The lowest BCUT2D eigenvalue weighted by Gasteiger charge is -2.46. The molecule has 0 amide bonds. The Balaban J connectivity index is 2.26. The minimum atomic E-state index is -0.169. The molecule has 88 valence electrons. The number of nitrogens with zero attached hydrogens (tertiary/aromatic N) is 1. The van der Waals surface area contributed by atoms with Crippen molar-refractivity contribution in [2.24, 2.45) is 0 Å². The molecule has 1 heterocycles. The SMILES string of the molecule is CCC1(C)CNCCN1c1ccc(F)cc1. The summed E-state index contributed by atoms with van der Waals surface area (Å²) < 4.78 is 12.9. The number of rotatable bonds is 2. The van der Waals surface area contributed by atoms with Gasteiger partial charge in [-0.3, -0.25) is 0 Å². The van der Waals surface area contributed by atoms with Gasteiger partial charge in [-0.2, -0.15) is 0 Å². The van der Waals surface area contributed by atoms with E-state index in [1.807, 2.05) is 12.1 Å². The van der Waals surface area contributed by atoms with Crippen LogP contribution in [0.5, 0.6) is 0 Å². The van der Waals surface area contributed by atoms with Crippen LogP contribution in [0.1, 0.15) is 20.3 Å². The fourth-order valence-electron chi connectivity index (χ4n) is 2.29. The molecule has 2 rings (SSSR count). The van der Waals surface area contributed by atoms with Gasteiger partial charge in [0, 0.05) is 30.9 Å². The molecule has 1 aromatic carbocycles. The zero-order valence-corrected chi connectivity index (χ0v) is 9.96. The molecule has 1 saturated heterocycles. The van der Waals surface area contributed by atoms with E-state index < -0.39 is 0 Å². The second-order valence-corrected chi connectivity index (χ2v) is 4.66. The summed E-state index contributed by atoms with van der Waals surface area (Å²) in [6.07, 6.45) is 1.08. The van der Waals surface area contributed by atoms with Crippen molar-refractivity contribution in [2.75, 3.05) is 24.5 Å². The summed E-state index contributed by atoms with van der Waals surface area (Å²) in [5, 5.41) is 3.42. The lowest BCUT2D eigenvalue weighted by Crippen LogP contribution is -2.59. The second-order valence-electron chi connectivity index (χ2n) is 4.66. The first-order valence-corrected chi connectivity index (χ1v) is 5.90. The summed E-state index contributed by atoms with van der Waals surface area (Å²) in [4.78, 5) is 2.38. The lowest BCUT2D eigenvalue weighted by molar-refractivity contribution is 0.342. The van der Waals surface area contributed by atoms with E-state index in [0.717, 1.165) is 31.7 Å². The molecule has 0 aromatic heterocycles. The molecule has 0 spiro atoms. The van der Waals surface area contributed by atoms with Crippen LogP contribution in [0.3, 0.4) is 0 Å². The van der Waals surface area contributed by atoms with Gasteiger partial charge in [0.05, 0.1) is 0 Å². The Hall–Kier alpha value is -1.09. The van der Waals surface area contributed by atoms with Crippen LogP contribution in [-0.2, 0) is 0 Å². The number of piperazine rings is 1. The van der Waals surface area contributed by atoms with Gasteiger partial charge in [0.25, 0.3) is 0 Å². The number of anilines is 1. The van der Waals surface area contributed by atoms with Crippen LogP contribution in [0, 0.1) is 5.82 Å². The molecule has 0 bridgehead atoms. The maximum Gasteiger partial charge on any atom is 0.123 e. The van der Waals surface area contributed by atoms with E-state index in [4.69, 9.17) is 0 Å². The summed E-state index contributed by atoms with van der Waals surface area (Å²) in [6.45, 7) is 7.41. The third kappa shape index (κ3) is 2.05. The van der Waals surface area contributed by atoms with Gasteiger partial charge in [0.2, 0.25) is 0 Å². The smallest absolute Gasteiger partial charge is 0.123 e. The average Bonchev–Trinajstić information content (AvgIpc) is 2.31. The maximum absolute atomic E-state index is 12.9. The number of nitrogens with one attached hydrogen (secondary N) is 1. The number of hydrogen-bond donors (Lipinski definition) is 1. The molecular weight excluding hydrogens is 203 g/mol. The van der Waals surface area contributed by atoms with Gasteiger partial charge in [0.15, 0.2) is 0 Å². The van der Waals surface area contributed by atoms with Crippen molar-refractivity contribution in [1.82, 2.24) is 5.32 Å². The molecule has 0 radical (unpaired) electrons. The zero-order chi connectivity index (χ0) is 11.6. The van der Waals surface area contributed by atoms with E-state index >= 15 is 0 Å². The van der Waals surface area contributed by atoms with E-state index in [2.05, 4.69) is 24.1 Å². The van der Waals surface area contributed by atoms with E-state index in [0.29, 0.717) is 0 Å². The zero-order valence-electron chi connectivity index (χ0n) is 9.96. The van der Waals surface area contributed by atoms with Crippen LogP contribution < -0.4 is 10.2 Å². The van der Waals surface area contributed by atoms with Crippen molar-refractivity contribution < 1.29 is 4.39 Å². The first-order valence-electron chi connectivity index (χ1n) is 5.90. The highest BCUT2D eigenvalue weighted by atomic mass is 19.1. The first-order chi connectivity index (χ1) is 7.65. The third-order valence-corrected chi connectivity index (χ3v) is 3.57. The van der Waals surface area contributed by atoms with Crippen molar-refractivity contribution in [1.29, 1.82) is 0 Å². The quantitative estimate of drug-likeness (QED) is 0.826. The Morgan fingerprint density at radius 1 is 1.38 bits per heavy atom. The molecule has 2 nitrogen and oxygen atoms in total. The van der Waals surface area contributed by atoms with Gasteiger partial charge in [-0.05, 0) is 37.6 Å². The van der Waals surface area contributed by atoms with Crippen LogP contribution in [-0.4, -0.2) is 25.2 Å². The van der Waals surface area contributed by atoms with Gasteiger partial charge >= 0.3 is 0 Å². The van der Waals surface area contributed by atoms with Gasteiger partial charge in [-0.1, -0.05) is 6.92 Å². The predicted octanol–water partition coefficient (Wildman–Crippen LogP) is 2.40. The van der Waals surface area contributed by atoms with Crippen LogP contribution in [0.15, 0.2) is 24.3 Å². The maximum atomic E-state index is 12.9. The van der Waals surface area contributed by atoms with Crippen LogP contribution in [0.25, 0.3) is 0 Å². The largest absolute Gasteiger partial charge is 0.364 e. The van der Waals surface area contributed by atoms with Crippen molar-refractivity contribution >= 4 is 5.69 Å². The Morgan fingerprint density at radius 3 is 2.69 bits per heavy atom. The molecule has 1 fully saturated rings. The van der Waals surface area contributed by atoms with Crippen molar-refractivity contribution in [2.45, 2.75) is 25.8 Å². The molecule has 1 unspecified atom stereocenters. The van der Waals surface area contributed by atoms with Crippen LogP contribution >= 0.6 is 0 Å². The van der Waals surface area contributed by atoms with Gasteiger partial charge in [0.1, 0.15) is 5.82 Å². The molecule has 16 heavy (non-hydrogen) atoms. The highest BCUT2D eigenvalue weighted by Gasteiger charge is 2.32. The van der Waals surface area contributed by atoms with Crippen LogP contribution in [0.2, 0.25) is 0 Å². The Labute approximate surface area is 96.5 Å². The highest BCUT2D eigenvalue weighted by Crippen LogP contribution is 2.28. The molecule has 1 aromatic rings. The highest BCUT2D eigenvalue weighted by molar-refractivity contribution is 5.49. The lowest BCUT2D eigenvalue weighted by atomic mass is 9.93. The molecular formula is C13H19FN2. The van der Waals surface area contributed by atoms with E-state index in [9.17, 15) is 4.39 Å². The molecule has 0 aliphatic carbocycles. The number of halogens is 1. The number of hydrogen-bond acceptors (Lipinski definition) is 2. The molecule has 1 atom stereocenters. The fraction of sp³-hybridized carbons (Fsp3) is 0.538. The van der Waals surface area contributed by atoms with Gasteiger partial charge in [-0.25, -0.2) is 4.39 Å². The molecule has 0 saturated carbocycles. The topological polar surface area (TPSA) is 15.3 Å².